The lowest BCUT2D eigenvalue weighted by atomic mass is 9.87. The molecule has 1 aliphatic carbocycles. The van der Waals surface area contributed by atoms with Crippen LogP contribution in [0.5, 0.6) is 0 Å². The molecule has 1 fully saturated rings. The molecule has 1 aromatic rings. The highest BCUT2D eigenvalue weighted by atomic mass is 16.6. The molecule has 1 amide bonds. The van der Waals surface area contributed by atoms with E-state index in [0.717, 1.165) is 12.8 Å². The number of nitrogens with one attached hydrogen (secondary N) is 1. The van der Waals surface area contributed by atoms with Crippen LogP contribution in [-0.4, -0.2) is 10.8 Å². The molecule has 1 aliphatic rings. The Bertz CT molecular complexity index is 508. The topological polar surface area (TPSA) is 72.2 Å². The van der Waals surface area contributed by atoms with Crippen LogP contribution in [0.3, 0.4) is 0 Å². The Hall–Kier alpha value is -1.91. The van der Waals surface area contributed by atoms with Gasteiger partial charge in [0.25, 0.3) is 5.69 Å². The summed E-state index contributed by atoms with van der Waals surface area (Å²) in [6.45, 7) is 1.66. The maximum atomic E-state index is 12.0. The second kappa shape index (κ2) is 6.50. The monoisotopic (exact) mass is 276 g/mol. The molecule has 0 atom stereocenters. The lowest BCUT2D eigenvalue weighted by Gasteiger charge is -2.21. The minimum absolute atomic E-state index is 0.0412. The van der Waals surface area contributed by atoms with Crippen molar-refractivity contribution in [2.24, 2.45) is 5.92 Å². The summed E-state index contributed by atoms with van der Waals surface area (Å²) >= 11 is 0. The van der Waals surface area contributed by atoms with Crippen molar-refractivity contribution < 1.29 is 9.72 Å². The summed E-state index contributed by atoms with van der Waals surface area (Å²) in [5.41, 5.74) is 1.09. The van der Waals surface area contributed by atoms with Crippen LogP contribution >= 0.6 is 0 Å². The highest BCUT2D eigenvalue weighted by molar-refractivity contribution is 5.92. The van der Waals surface area contributed by atoms with Crippen molar-refractivity contribution in [2.45, 2.75) is 45.4 Å². The van der Waals surface area contributed by atoms with Gasteiger partial charge in [0.15, 0.2) is 0 Å². The highest BCUT2D eigenvalue weighted by Gasteiger charge is 2.19. The Morgan fingerprint density at radius 2 is 2.05 bits per heavy atom. The highest BCUT2D eigenvalue weighted by Crippen LogP contribution is 2.28. The molecule has 0 aromatic heterocycles. The Balaban J connectivity index is 2.00. The molecule has 1 saturated carbocycles. The zero-order valence-corrected chi connectivity index (χ0v) is 11.7. The Morgan fingerprint density at radius 3 is 2.70 bits per heavy atom. The number of rotatable bonds is 4. The fraction of sp³-hybridized carbons (Fsp3) is 0.533. The van der Waals surface area contributed by atoms with E-state index in [-0.39, 0.29) is 11.6 Å². The average Bonchev–Trinajstić information content (AvgIpc) is 2.42. The van der Waals surface area contributed by atoms with Crippen LogP contribution in [0.15, 0.2) is 18.2 Å². The molecule has 5 nitrogen and oxygen atoms in total. The van der Waals surface area contributed by atoms with E-state index in [9.17, 15) is 14.9 Å². The number of amides is 1. The molecule has 0 heterocycles. The first-order valence-corrected chi connectivity index (χ1v) is 7.12. The van der Waals surface area contributed by atoms with Crippen LogP contribution in [0.25, 0.3) is 0 Å². The molecule has 0 saturated heterocycles. The van der Waals surface area contributed by atoms with Gasteiger partial charge in [-0.15, -0.1) is 0 Å². The Morgan fingerprint density at radius 1 is 1.35 bits per heavy atom. The standard InChI is InChI=1S/C15H20N2O3/c1-11-13(8-5-9-14(11)17(19)20)16-15(18)10-12-6-3-2-4-7-12/h5,8-9,12H,2-4,6-7,10H2,1H3,(H,16,18). The van der Waals surface area contributed by atoms with Crippen LogP contribution in [0.4, 0.5) is 11.4 Å². The van der Waals surface area contributed by atoms with Crippen molar-refractivity contribution in [1.82, 2.24) is 0 Å². The molecular weight excluding hydrogens is 256 g/mol. The summed E-state index contributed by atoms with van der Waals surface area (Å²) in [5, 5.41) is 13.7. The van der Waals surface area contributed by atoms with Gasteiger partial charge in [0.05, 0.1) is 16.2 Å². The molecule has 20 heavy (non-hydrogen) atoms. The van der Waals surface area contributed by atoms with Crippen molar-refractivity contribution in [3.05, 3.63) is 33.9 Å². The number of nitro benzene ring substituents is 1. The number of nitrogens with zero attached hydrogens (tertiary/aromatic N) is 1. The summed E-state index contributed by atoms with van der Waals surface area (Å²) in [4.78, 5) is 22.5. The lowest BCUT2D eigenvalue weighted by molar-refractivity contribution is -0.385. The largest absolute Gasteiger partial charge is 0.326 e. The molecule has 0 bridgehead atoms. The van der Waals surface area contributed by atoms with Gasteiger partial charge in [0.1, 0.15) is 0 Å². The zero-order chi connectivity index (χ0) is 14.5. The maximum absolute atomic E-state index is 12.0. The van der Waals surface area contributed by atoms with Crippen molar-refractivity contribution in [1.29, 1.82) is 0 Å². The molecule has 1 N–H and O–H groups in total. The van der Waals surface area contributed by atoms with Gasteiger partial charge in [-0.2, -0.15) is 0 Å². The van der Waals surface area contributed by atoms with Crippen molar-refractivity contribution in [3.63, 3.8) is 0 Å². The van der Waals surface area contributed by atoms with E-state index >= 15 is 0 Å². The van der Waals surface area contributed by atoms with Crippen molar-refractivity contribution >= 4 is 17.3 Å². The molecular formula is C15H20N2O3. The summed E-state index contributed by atoms with van der Waals surface area (Å²) in [7, 11) is 0. The van der Waals surface area contributed by atoms with E-state index in [4.69, 9.17) is 0 Å². The minimum Gasteiger partial charge on any atom is -0.326 e. The molecule has 108 valence electrons. The van der Waals surface area contributed by atoms with E-state index in [1.807, 2.05) is 0 Å². The first-order chi connectivity index (χ1) is 9.58. The van der Waals surface area contributed by atoms with Crippen molar-refractivity contribution in [3.8, 4) is 0 Å². The minimum atomic E-state index is -0.424. The second-order valence-electron chi connectivity index (χ2n) is 5.46. The molecule has 5 heteroatoms. The number of hydrogen-bond acceptors (Lipinski definition) is 3. The predicted molar refractivity (Wildman–Crippen MR) is 77.7 cm³/mol. The van der Waals surface area contributed by atoms with Gasteiger partial charge >= 0.3 is 0 Å². The molecule has 1 aromatic carbocycles. The third kappa shape index (κ3) is 3.56. The van der Waals surface area contributed by atoms with E-state index in [1.165, 1.54) is 25.3 Å². The molecule has 2 rings (SSSR count). The normalized spacial score (nSPS) is 15.8. The smallest absolute Gasteiger partial charge is 0.274 e. The fourth-order valence-corrected chi connectivity index (χ4v) is 2.81. The van der Waals surface area contributed by atoms with Gasteiger partial charge in [-0.3, -0.25) is 14.9 Å². The third-order valence-electron chi connectivity index (χ3n) is 3.97. The van der Waals surface area contributed by atoms with Crippen LogP contribution in [0.2, 0.25) is 0 Å². The average molecular weight is 276 g/mol. The number of carbonyl (C=O) groups excluding carboxylic acids is 1. The lowest BCUT2D eigenvalue weighted by Crippen LogP contribution is -2.18. The third-order valence-corrected chi connectivity index (χ3v) is 3.97. The van der Waals surface area contributed by atoms with Gasteiger partial charge in [0.2, 0.25) is 5.91 Å². The number of anilines is 1. The predicted octanol–water partition coefficient (Wildman–Crippen LogP) is 3.81. The molecule has 0 spiro atoms. The van der Waals surface area contributed by atoms with E-state index in [1.54, 1.807) is 19.1 Å². The summed E-state index contributed by atoms with van der Waals surface area (Å²) < 4.78 is 0. The number of benzene rings is 1. The number of carbonyl (C=O) groups is 1. The SMILES string of the molecule is Cc1c(NC(=O)CC2CCCCC2)cccc1[N+](=O)[O-]. The number of hydrogen-bond donors (Lipinski definition) is 1. The quantitative estimate of drug-likeness (QED) is 0.671. The van der Waals surface area contributed by atoms with Gasteiger partial charge in [0, 0.05) is 12.5 Å². The molecule has 0 unspecified atom stereocenters. The summed E-state index contributed by atoms with van der Waals surface area (Å²) in [6, 6.07) is 4.76. The molecule has 0 radical (unpaired) electrons. The maximum Gasteiger partial charge on any atom is 0.274 e. The van der Waals surface area contributed by atoms with E-state index in [0.29, 0.717) is 23.6 Å². The van der Waals surface area contributed by atoms with Gasteiger partial charge < -0.3 is 5.32 Å². The van der Waals surface area contributed by atoms with Crippen LogP contribution in [-0.2, 0) is 4.79 Å². The van der Waals surface area contributed by atoms with Gasteiger partial charge in [-0.1, -0.05) is 25.3 Å². The van der Waals surface area contributed by atoms with Crippen LogP contribution < -0.4 is 5.32 Å². The van der Waals surface area contributed by atoms with Gasteiger partial charge in [-0.05, 0) is 31.7 Å². The Kier molecular flexibility index (Phi) is 4.71. The van der Waals surface area contributed by atoms with Crippen molar-refractivity contribution in [2.75, 3.05) is 5.32 Å². The zero-order valence-electron chi connectivity index (χ0n) is 11.7. The van der Waals surface area contributed by atoms with Crippen LogP contribution in [0.1, 0.15) is 44.1 Å². The van der Waals surface area contributed by atoms with Crippen LogP contribution in [0, 0.1) is 23.0 Å². The van der Waals surface area contributed by atoms with E-state index < -0.39 is 4.92 Å². The first kappa shape index (κ1) is 14.5. The fourth-order valence-electron chi connectivity index (χ4n) is 2.81. The summed E-state index contributed by atoms with van der Waals surface area (Å²) in [5.74, 6) is 0.420. The summed E-state index contributed by atoms with van der Waals surface area (Å²) in [6.07, 6.45) is 6.41. The number of nitro groups is 1. The molecule has 0 aliphatic heterocycles. The van der Waals surface area contributed by atoms with Gasteiger partial charge in [-0.25, -0.2) is 0 Å². The Labute approximate surface area is 118 Å². The van der Waals surface area contributed by atoms with E-state index in [2.05, 4.69) is 5.32 Å². The second-order valence-corrected chi connectivity index (χ2v) is 5.46. The first-order valence-electron chi connectivity index (χ1n) is 7.12.